The van der Waals surface area contributed by atoms with Gasteiger partial charge in [-0.25, -0.2) is 0 Å². The second-order valence-electron chi connectivity index (χ2n) is 5.48. The maximum atomic E-state index is 10.8. The number of carbonyl (C=O) groups is 1. The van der Waals surface area contributed by atoms with Gasteiger partial charge in [0.15, 0.2) is 18.1 Å². The topological polar surface area (TPSA) is 82.8 Å². The molecule has 2 aromatic rings. The Balaban J connectivity index is 0.00000338. The third-order valence-electron chi connectivity index (χ3n) is 3.69. The quantitative estimate of drug-likeness (QED) is 0.512. The maximum Gasteiger partial charge on any atom is 0.255 e. The van der Waals surface area contributed by atoms with Crippen LogP contribution in [0, 0.1) is 0 Å². The van der Waals surface area contributed by atoms with Crippen molar-refractivity contribution in [2.24, 2.45) is 5.73 Å². The minimum absolute atomic E-state index is 0. The first-order chi connectivity index (χ1) is 12.1. The summed E-state index contributed by atoms with van der Waals surface area (Å²) in [4.78, 5) is 10.8. The molecule has 0 bridgehead atoms. The number of methoxy groups -OCH3 is 2. The fourth-order valence-corrected chi connectivity index (χ4v) is 2.46. The summed E-state index contributed by atoms with van der Waals surface area (Å²) in [6.45, 7) is 1.34. The van der Waals surface area contributed by atoms with E-state index in [1.807, 2.05) is 30.3 Å². The van der Waals surface area contributed by atoms with E-state index in [1.165, 1.54) is 5.56 Å². The molecule has 2 rings (SSSR count). The van der Waals surface area contributed by atoms with Crippen LogP contribution in [0.5, 0.6) is 17.2 Å². The predicted molar refractivity (Wildman–Crippen MR) is 96.1 cm³/mol. The Morgan fingerprint density at radius 3 is 2.46 bits per heavy atom. The number of nitrogens with two attached hydrogens (primary N) is 1. The van der Waals surface area contributed by atoms with Gasteiger partial charge in [-0.3, -0.25) is 4.79 Å². The van der Waals surface area contributed by atoms with Crippen molar-refractivity contribution in [1.29, 1.82) is 0 Å². The Labute approximate surface area is 160 Å². The highest BCUT2D eigenvalue weighted by Crippen LogP contribution is 2.28. The Morgan fingerprint density at radius 1 is 1.04 bits per heavy atom. The molecule has 7 heteroatoms. The zero-order chi connectivity index (χ0) is 18.1. The van der Waals surface area contributed by atoms with Crippen LogP contribution in [0.2, 0.25) is 0 Å². The number of rotatable bonds is 10. The Morgan fingerprint density at radius 2 is 1.77 bits per heavy atom. The van der Waals surface area contributed by atoms with Crippen molar-refractivity contribution < 1.29 is 31.4 Å². The van der Waals surface area contributed by atoms with Crippen molar-refractivity contribution in [3.8, 4) is 17.2 Å². The molecule has 0 spiro atoms. The molecule has 0 aliphatic heterocycles. The molecular weight excluding hydrogens is 356 g/mol. The summed E-state index contributed by atoms with van der Waals surface area (Å²) >= 11 is 0. The number of hydrogen-bond acceptors (Lipinski definition) is 5. The number of carbonyl (C=O) groups excluding carboxylic acids is 1. The lowest BCUT2D eigenvalue weighted by atomic mass is 10.1. The zero-order valence-electron chi connectivity index (χ0n) is 15.0. The smallest absolute Gasteiger partial charge is 0.255 e. The SMILES string of the molecule is COc1ccccc1CCNCc1ccc(OCC(N)=O)c(OC)c1.[Cl-]. The highest BCUT2D eigenvalue weighted by molar-refractivity contribution is 5.75. The summed E-state index contributed by atoms with van der Waals surface area (Å²) < 4.78 is 16.0. The number of ether oxygens (including phenoxy) is 3. The van der Waals surface area contributed by atoms with Crippen LogP contribution in [0.1, 0.15) is 11.1 Å². The molecular formula is C19H24ClN2O4-. The van der Waals surface area contributed by atoms with Gasteiger partial charge in [0.1, 0.15) is 5.75 Å². The van der Waals surface area contributed by atoms with Crippen molar-refractivity contribution in [2.75, 3.05) is 27.4 Å². The molecule has 0 saturated heterocycles. The monoisotopic (exact) mass is 379 g/mol. The standard InChI is InChI=1S/C19H24N2O4.ClH/c1-23-16-6-4-3-5-15(16)9-10-21-12-14-7-8-17(18(11-14)24-2)25-13-19(20)22;/h3-8,11,21H,9-10,12-13H2,1-2H3,(H2,20,22);1H/p-1. The molecule has 0 fully saturated rings. The van der Waals surface area contributed by atoms with Crippen LogP contribution < -0.4 is 37.7 Å². The Hall–Kier alpha value is -2.44. The number of hydrogen-bond donors (Lipinski definition) is 2. The molecule has 0 aliphatic carbocycles. The van der Waals surface area contributed by atoms with Crippen LogP contribution in [-0.2, 0) is 17.8 Å². The average molecular weight is 380 g/mol. The van der Waals surface area contributed by atoms with Gasteiger partial charge in [-0.1, -0.05) is 24.3 Å². The van der Waals surface area contributed by atoms with Crippen molar-refractivity contribution in [3.63, 3.8) is 0 Å². The van der Waals surface area contributed by atoms with E-state index in [9.17, 15) is 4.79 Å². The van der Waals surface area contributed by atoms with Gasteiger partial charge in [-0.15, -0.1) is 0 Å². The van der Waals surface area contributed by atoms with E-state index in [0.29, 0.717) is 18.0 Å². The molecule has 3 N–H and O–H groups in total. The van der Waals surface area contributed by atoms with Gasteiger partial charge in [-0.2, -0.15) is 0 Å². The molecule has 0 aromatic heterocycles. The van der Waals surface area contributed by atoms with E-state index >= 15 is 0 Å². The van der Waals surface area contributed by atoms with Gasteiger partial charge in [0.25, 0.3) is 5.91 Å². The fraction of sp³-hybridized carbons (Fsp3) is 0.316. The summed E-state index contributed by atoms with van der Waals surface area (Å²) in [5, 5.41) is 3.40. The van der Waals surface area contributed by atoms with Crippen LogP contribution in [0.3, 0.4) is 0 Å². The molecule has 6 nitrogen and oxygen atoms in total. The molecule has 26 heavy (non-hydrogen) atoms. The first-order valence-electron chi connectivity index (χ1n) is 8.04. The second kappa shape index (κ2) is 11.2. The number of benzene rings is 2. The maximum absolute atomic E-state index is 10.8. The fourth-order valence-electron chi connectivity index (χ4n) is 2.46. The van der Waals surface area contributed by atoms with Crippen molar-refractivity contribution in [2.45, 2.75) is 13.0 Å². The third-order valence-corrected chi connectivity index (χ3v) is 3.69. The van der Waals surface area contributed by atoms with Crippen LogP contribution in [0.15, 0.2) is 42.5 Å². The summed E-state index contributed by atoms with van der Waals surface area (Å²) in [6.07, 6.45) is 0.876. The van der Waals surface area contributed by atoms with Crippen molar-refractivity contribution in [3.05, 3.63) is 53.6 Å². The van der Waals surface area contributed by atoms with E-state index in [4.69, 9.17) is 19.9 Å². The van der Waals surface area contributed by atoms with Crippen LogP contribution in [0.25, 0.3) is 0 Å². The van der Waals surface area contributed by atoms with Gasteiger partial charge >= 0.3 is 0 Å². The lowest BCUT2D eigenvalue weighted by molar-refractivity contribution is -0.119. The number of para-hydroxylation sites is 1. The molecule has 0 radical (unpaired) electrons. The highest BCUT2D eigenvalue weighted by Gasteiger charge is 2.07. The van der Waals surface area contributed by atoms with Crippen LogP contribution in [-0.4, -0.2) is 33.3 Å². The first kappa shape index (κ1) is 21.6. The van der Waals surface area contributed by atoms with Crippen LogP contribution >= 0.6 is 0 Å². The lowest BCUT2D eigenvalue weighted by Crippen LogP contribution is -3.00. The Kier molecular flexibility index (Phi) is 9.33. The van der Waals surface area contributed by atoms with E-state index in [2.05, 4.69) is 11.4 Å². The molecule has 0 saturated carbocycles. The molecule has 0 aliphatic rings. The van der Waals surface area contributed by atoms with E-state index in [0.717, 1.165) is 24.3 Å². The van der Waals surface area contributed by atoms with E-state index < -0.39 is 5.91 Å². The van der Waals surface area contributed by atoms with E-state index in [-0.39, 0.29) is 19.0 Å². The summed E-state index contributed by atoms with van der Waals surface area (Å²) in [5.74, 6) is 1.45. The number of amides is 1. The van der Waals surface area contributed by atoms with Gasteiger partial charge in [0.2, 0.25) is 0 Å². The average Bonchev–Trinajstić information content (AvgIpc) is 2.64. The zero-order valence-corrected chi connectivity index (χ0v) is 15.7. The second-order valence-corrected chi connectivity index (χ2v) is 5.48. The highest BCUT2D eigenvalue weighted by atomic mass is 35.5. The summed E-state index contributed by atoms with van der Waals surface area (Å²) in [7, 11) is 3.24. The Bertz CT molecular complexity index is 710. The van der Waals surface area contributed by atoms with Crippen LogP contribution in [0.4, 0.5) is 0 Å². The molecule has 0 heterocycles. The van der Waals surface area contributed by atoms with Gasteiger partial charge in [0, 0.05) is 6.54 Å². The van der Waals surface area contributed by atoms with Gasteiger partial charge in [-0.05, 0) is 42.3 Å². The van der Waals surface area contributed by atoms with Gasteiger partial charge in [0.05, 0.1) is 14.2 Å². The summed E-state index contributed by atoms with van der Waals surface area (Å²) in [6, 6.07) is 13.6. The lowest BCUT2D eigenvalue weighted by Gasteiger charge is -2.12. The molecule has 2 aromatic carbocycles. The van der Waals surface area contributed by atoms with E-state index in [1.54, 1.807) is 20.3 Å². The van der Waals surface area contributed by atoms with Gasteiger partial charge < -0.3 is 37.7 Å². The van der Waals surface area contributed by atoms with Crippen molar-refractivity contribution in [1.82, 2.24) is 5.32 Å². The number of halogens is 1. The van der Waals surface area contributed by atoms with Crippen molar-refractivity contribution >= 4 is 5.91 Å². The summed E-state index contributed by atoms with van der Waals surface area (Å²) in [5.41, 5.74) is 7.32. The third kappa shape index (κ3) is 6.46. The molecule has 0 atom stereocenters. The normalized spacial score (nSPS) is 9.92. The molecule has 142 valence electrons. The number of primary amides is 1. The molecule has 1 amide bonds. The molecule has 0 unspecified atom stereocenters. The number of nitrogens with one attached hydrogen (secondary N) is 1. The predicted octanol–water partition coefficient (Wildman–Crippen LogP) is -1.10. The largest absolute Gasteiger partial charge is 1.00 e. The minimum atomic E-state index is -0.524. The minimum Gasteiger partial charge on any atom is -1.00 e. The first-order valence-corrected chi connectivity index (χ1v) is 8.04.